The summed E-state index contributed by atoms with van der Waals surface area (Å²) in [6, 6.07) is 8.89. The summed E-state index contributed by atoms with van der Waals surface area (Å²) in [4.78, 5) is 57.0. The number of alkyl carbamates (subject to hydrolysis) is 1. The number of unbranched alkanes of at least 4 members (excludes halogenated alkanes) is 1. The van der Waals surface area contributed by atoms with Gasteiger partial charge in [0.05, 0.1) is 25.6 Å². The van der Waals surface area contributed by atoms with E-state index in [0.717, 1.165) is 37.9 Å². The lowest BCUT2D eigenvalue weighted by molar-refractivity contribution is -0.131. The number of anilines is 1. The Morgan fingerprint density at radius 1 is 1.02 bits per heavy atom. The molecule has 0 bridgehead atoms. The minimum Gasteiger partial charge on any atom is -0.444 e. The number of nitrogens with zero attached hydrogens (tertiary/aromatic N) is 3. The summed E-state index contributed by atoms with van der Waals surface area (Å²) in [5.74, 6) is -0.281. The number of hydrogen-bond acceptors (Lipinski definition) is 7. The van der Waals surface area contributed by atoms with E-state index >= 15 is 0 Å². The molecule has 0 aliphatic carbocycles. The quantitative estimate of drug-likeness (QED) is 0.204. The molecule has 3 N–H and O–H groups in total. The lowest BCUT2D eigenvalue weighted by atomic mass is 10.0. The third-order valence-electron chi connectivity index (χ3n) is 6.76. The molecule has 0 radical (unpaired) electrons. The normalized spacial score (nSPS) is 12.2. The first-order valence-electron chi connectivity index (χ1n) is 15.8. The van der Waals surface area contributed by atoms with E-state index in [1.807, 2.05) is 46.7 Å². The fraction of sp³-hybridized carbons (Fsp3) is 0.606. The Kier molecular flexibility index (Phi) is 15.0. The molecule has 1 aromatic carbocycles. The monoisotopic (exact) mass is 628 g/mol. The zero-order chi connectivity index (χ0) is 33.5. The van der Waals surface area contributed by atoms with Crippen molar-refractivity contribution in [3.8, 4) is 0 Å². The molecule has 0 aliphatic rings. The topological polar surface area (TPSA) is 144 Å². The van der Waals surface area contributed by atoms with Gasteiger partial charge in [-0.1, -0.05) is 37.3 Å². The number of carbonyl (C=O) groups excluding carboxylic acids is 4. The van der Waals surface area contributed by atoms with Crippen molar-refractivity contribution in [2.24, 2.45) is 0 Å². The van der Waals surface area contributed by atoms with Crippen molar-refractivity contribution in [3.05, 3.63) is 48.4 Å². The molecule has 0 spiro atoms. The molecule has 0 saturated carbocycles. The minimum absolute atomic E-state index is 0.0669. The maximum atomic E-state index is 13.2. The average Bonchev–Trinajstić information content (AvgIpc) is 3.39. The standard InChI is InChI=1S/C33H52N6O6/c1-8-18-39(9-2)29(41)17-13-14-19-38-21-27(34-24-38)36-28(40)20-26(23-44-22-25-15-11-10-12-16-25)35-30(42)33(6,7)37-31(43)45-32(3,4)5/h10-12,15-16,21,24,26H,8-9,13-14,17-20,22-23H2,1-7H3,(H,35,42)(H,36,40)(H,37,43)/t26-/m0/s1. The summed E-state index contributed by atoms with van der Waals surface area (Å²) in [5, 5.41) is 8.22. The minimum atomic E-state index is -1.31. The lowest BCUT2D eigenvalue weighted by Crippen LogP contribution is -2.58. The summed E-state index contributed by atoms with van der Waals surface area (Å²) < 4.78 is 13.0. The maximum Gasteiger partial charge on any atom is 0.408 e. The molecule has 45 heavy (non-hydrogen) atoms. The van der Waals surface area contributed by atoms with Gasteiger partial charge < -0.3 is 34.9 Å². The van der Waals surface area contributed by atoms with Crippen LogP contribution >= 0.6 is 0 Å². The molecule has 0 unspecified atom stereocenters. The fourth-order valence-electron chi connectivity index (χ4n) is 4.45. The van der Waals surface area contributed by atoms with Crippen LogP contribution in [0.4, 0.5) is 10.6 Å². The highest BCUT2D eigenvalue weighted by Crippen LogP contribution is 2.12. The van der Waals surface area contributed by atoms with Crippen molar-refractivity contribution in [1.82, 2.24) is 25.1 Å². The Morgan fingerprint density at radius 2 is 1.73 bits per heavy atom. The highest BCUT2D eigenvalue weighted by Gasteiger charge is 2.33. The summed E-state index contributed by atoms with van der Waals surface area (Å²) in [7, 11) is 0. The van der Waals surface area contributed by atoms with Gasteiger partial charge in [-0.3, -0.25) is 14.4 Å². The second kappa shape index (κ2) is 18.1. The molecule has 4 amide bonds. The van der Waals surface area contributed by atoms with Gasteiger partial charge in [0, 0.05) is 38.7 Å². The van der Waals surface area contributed by atoms with Gasteiger partial charge in [-0.2, -0.15) is 0 Å². The first-order valence-corrected chi connectivity index (χ1v) is 15.8. The molecular weight excluding hydrogens is 576 g/mol. The van der Waals surface area contributed by atoms with E-state index in [2.05, 4.69) is 27.9 Å². The van der Waals surface area contributed by atoms with E-state index in [1.54, 1.807) is 47.1 Å². The third kappa shape index (κ3) is 14.6. The van der Waals surface area contributed by atoms with Crippen molar-refractivity contribution in [3.63, 3.8) is 0 Å². The van der Waals surface area contributed by atoms with Crippen LogP contribution in [-0.4, -0.2) is 75.1 Å². The van der Waals surface area contributed by atoms with Crippen molar-refractivity contribution in [1.29, 1.82) is 0 Å². The average molecular weight is 629 g/mol. The van der Waals surface area contributed by atoms with E-state index in [1.165, 1.54) is 0 Å². The number of nitrogens with one attached hydrogen (secondary N) is 3. The molecule has 1 aromatic heterocycles. The first kappa shape index (κ1) is 37.3. The van der Waals surface area contributed by atoms with Crippen LogP contribution in [0.3, 0.4) is 0 Å². The summed E-state index contributed by atoms with van der Waals surface area (Å²) >= 11 is 0. The van der Waals surface area contributed by atoms with E-state index in [4.69, 9.17) is 9.47 Å². The van der Waals surface area contributed by atoms with Crippen LogP contribution in [0.1, 0.15) is 86.1 Å². The Hall–Kier alpha value is -3.93. The van der Waals surface area contributed by atoms with Gasteiger partial charge in [0.2, 0.25) is 17.7 Å². The molecule has 12 heteroatoms. The number of rotatable bonds is 18. The zero-order valence-electron chi connectivity index (χ0n) is 28.0. The summed E-state index contributed by atoms with van der Waals surface area (Å²) in [5.41, 5.74) is -1.08. The summed E-state index contributed by atoms with van der Waals surface area (Å²) in [6.07, 6.45) is 5.60. The Morgan fingerprint density at radius 3 is 2.38 bits per heavy atom. The molecule has 0 aliphatic heterocycles. The fourth-order valence-corrected chi connectivity index (χ4v) is 4.45. The van der Waals surface area contributed by atoms with Gasteiger partial charge in [0.25, 0.3) is 0 Å². The number of hydrogen-bond donors (Lipinski definition) is 3. The molecular formula is C33H52N6O6. The van der Waals surface area contributed by atoms with Gasteiger partial charge in [-0.05, 0) is 66.4 Å². The molecule has 1 heterocycles. The van der Waals surface area contributed by atoms with Gasteiger partial charge in [0.1, 0.15) is 11.1 Å². The van der Waals surface area contributed by atoms with Gasteiger partial charge in [-0.15, -0.1) is 0 Å². The molecule has 2 aromatic rings. The van der Waals surface area contributed by atoms with Gasteiger partial charge >= 0.3 is 6.09 Å². The number of carbonyl (C=O) groups is 4. The third-order valence-corrected chi connectivity index (χ3v) is 6.76. The SMILES string of the molecule is CCCN(CC)C(=O)CCCCn1cnc(NC(=O)C[C@@H](COCc2ccccc2)NC(=O)C(C)(C)NC(=O)OC(C)(C)C)c1. The van der Waals surface area contributed by atoms with Gasteiger partial charge in [-0.25, -0.2) is 9.78 Å². The van der Waals surface area contributed by atoms with E-state index < -0.39 is 29.2 Å². The smallest absolute Gasteiger partial charge is 0.408 e. The van der Waals surface area contributed by atoms with Crippen molar-refractivity contribution < 1.29 is 28.7 Å². The van der Waals surface area contributed by atoms with Crippen molar-refractivity contribution >= 4 is 29.6 Å². The number of imidazole rings is 1. The Bertz CT molecular complexity index is 1220. The van der Waals surface area contributed by atoms with Crippen molar-refractivity contribution in [2.75, 3.05) is 25.0 Å². The maximum absolute atomic E-state index is 13.2. The number of benzene rings is 1. The first-order chi connectivity index (χ1) is 21.2. The van der Waals surface area contributed by atoms with Gasteiger partial charge in [0.15, 0.2) is 5.82 Å². The molecule has 0 saturated heterocycles. The van der Waals surface area contributed by atoms with Crippen LogP contribution in [0.5, 0.6) is 0 Å². The Labute approximate surface area is 267 Å². The number of amides is 4. The molecule has 2 rings (SSSR count). The number of ether oxygens (including phenoxy) is 2. The molecule has 1 atom stereocenters. The molecule has 250 valence electrons. The lowest BCUT2D eigenvalue weighted by Gasteiger charge is -2.29. The second-order valence-corrected chi connectivity index (χ2v) is 12.6. The predicted molar refractivity (Wildman–Crippen MR) is 173 cm³/mol. The Balaban J connectivity index is 1.94. The molecule has 0 fully saturated rings. The van der Waals surface area contributed by atoms with E-state index in [9.17, 15) is 19.2 Å². The zero-order valence-corrected chi connectivity index (χ0v) is 28.0. The van der Waals surface area contributed by atoms with Crippen LogP contribution in [0.15, 0.2) is 42.9 Å². The highest BCUT2D eigenvalue weighted by molar-refractivity contribution is 5.92. The highest BCUT2D eigenvalue weighted by atomic mass is 16.6. The van der Waals surface area contributed by atoms with Crippen LogP contribution in [0, 0.1) is 0 Å². The molecule has 12 nitrogen and oxygen atoms in total. The number of aryl methyl sites for hydroxylation is 1. The van der Waals surface area contributed by atoms with Crippen LogP contribution < -0.4 is 16.0 Å². The van der Waals surface area contributed by atoms with Crippen LogP contribution in [0.2, 0.25) is 0 Å². The number of aromatic nitrogens is 2. The summed E-state index contributed by atoms with van der Waals surface area (Å²) in [6.45, 7) is 14.9. The largest absolute Gasteiger partial charge is 0.444 e. The van der Waals surface area contributed by atoms with E-state index in [-0.39, 0.29) is 24.8 Å². The van der Waals surface area contributed by atoms with E-state index in [0.29, 0.717) is 25.4 Å². The van der Waals surface area contributed by atoms with Crippen molar-refractivity contribution in [2.45, 2.75) is 111 Å². The predicted octanol–water partition coefficient (Wildman–Crippen LogP) is 4.65. The van der Waals surface area contributed by atoms with Crippen LogP contribution in [-0.2, 0) is 37.0 Å². The second-order valence-electron chi connectivity index (χ2n) is 12.6. The van der Waals surface area contributed by atoms with Crippen LogP contribution in [0.25, 0.3) is 0 Å².